The molecule has 0 unspecified atom stereocenters. The zero-order chi connectivity index (χ0) is 17.2. The van der Waals surface area contributed by atoms with Gasteiger partial charge in [-0.3, -0.25) is 9.78 Å². The molecule has 4 rings (SSSR count). The molecule has 0 aliphatic heterocycles. The molecule has 0 saturated carbocycles. The van der Waals surface area contributed by atoms with Gasteiger partial charge < -0.3 is 10.3 Å². The van der Waals surface area contributed by atoms with Crippen LogP contribution in [0.1, 0.15) is 12.5 Å². The molecule has 0 saturated heterocycles. The van der Waals surface area contributed by atoms with Crippen LogP contribution in [0.2, 0.25) is 0 Å². The number of carbonyl (C=O) groups is 1. The smallest absolute Gasteiger partial charge is 0.152 e. The van der Waals surface area contributed by atoms with Crippen LogP contribution in [0.4, 0.5) is 11.4 Å². The van der Waals surface area contributed by atoms with E-state index in [4.69, 9.17) is 0 Å². The first kappa shape index (κ1) is 15.1. The second-order valence-electron chi connectivity index (χ2n) is 5.95. The van der Waals surface area contributed by atoms with Crippen molar-refractivity contribution in [3.8, 4) is 0 Å². The SMILES string of the molecule is CC(=O)/C=C/c1ccc(Nc2cc[nH]c3ccc4nccc4c23)cc1. The molecule has 4 heteroatoms. The van der Waals surface area contributed by atoms with Crippen LogP contribution in [0, 0.1) is 0 Å². The molecular formula is C21H17N3O. The summed E-state index contributed by atoms with van der Waals surface area (Å²) in [6.07, 6.45) is 7.15. The summed E-state index contributed by atoms with van der Waals surface area (Å²) in [4.78, 5) is 18.7. The minimum atomic E-state index is 0.0431. The molecule has 4 aromatic rings. The van der Waals surface area contributed by atoms with Gasteiger partial charge in [-0.05, 0) is 55.0 Å². The molecule has 2 aromatic carbocycles. The Morgan fingerprint density at radius 3 is 2.72 bits per heavy atom. The molecule has 0 radical (unpaired) electrons. The number of nitrogens with one attached hydrogen (secondary N) is 2. The first-order valence-electron chi connectivity index (χ1n) is 8.11. The number of aromatic amines is 1. The number of benzene rings is 2. The van der Waals surface area contributed by atoms with Crippen molar-refractivity contribution in [1.82, 2.24) is 9.97 Å². The van der Waals surface area contributed by atoms with Crippen molar-refractivity contribution in [3.05, 3.63) is 72.6 Å². The maximum atomic E-state index is 11.0. The van der Waals surface area contributed by atoms with E-state index in [9.17, 15) is 4.79 Å². The van der Waals surface area contributed by atoms with E-state index in [1.165, 1.54) is 0 Å². The van der Waals surface area contributed by atoms with Gasteiger partial charge in [-0.1, -0.05) is 18.2 Å². The normalized spacial score (nSPS) is 11.4. The number of anilines is 2. The molecule has 0 aliphatic rings. The van der Waals surface area contributed by atoms with E-state index in [1.807, 2.05) is 67.0 Å². The van der Waals surface area contributed by atoms with Gasteiger partial charge in [0.1, 0.15) is 0 Å². The van der Waals surface area contributed by atoms with E-state index < -0.39 is 0 Å². The Morgan fingerprint density at radius 2 is 1.92 bits per heavy atom. The Bertz CT molecular complexity index is 1090. The van der Waals surface area contributed by atoms with Crippen molar-refractivity contribution in [2.45, 2.75) is 6.92 Å². The zero-order valence-corrected chi connectivity index (χ0v) is 13.8. The van der Waals surface area contributed by atoms with Crippen LogP contribution in [0.5, 0.6) is 0 Å². The lowest BCUT2D eigenvalue weighted by Gasteiger charge is -2.11. The van der Waals surface area contributed by atoms with Gasteiger partial charge in [0.15, 0.2) is 5.78 Å². The summed E-state index contributed by atoms with van der Waals surface area (Å²) in [6, 6.07) is 16.1. The monoisotopic (exact) mass is 327 g/mol. The average molecular weight is 327 g/mol. The highest BCUT2D eigenvalue weighted by Crippen LogP contribution is 2.31. The molecule has 2 heterocycles. The molecule has 4 nitrogen and oxygen atoms in total. The standard InChI is InChI=1S/C21H17N3O/c1-14(25)2-3-15-4-6-16(7-5-15)24-20-11-13-23-19-9-8-18-17(21(19)20)10-12-22-18/h2-13,23-24H,1H3/b3-2+. The Morgan fingerprint density at radius 1 is 1.08 bits per heavy atom. The first-order valence-corrected chi connectivity index (χ1v) is 8.11. The second kappa shape index (κ2) is 6.24. The Kier molecular flexibility index (Phi) is 3.78. The molecule has 0 spiro atoms. The molecule has 2 aromatic heterocycles. The number of nitrogens with zero attached hydrogens (tertiary/aromatic N) is 1. The number of allylic oxidation sites excluding steroid dienone is 1. The number of H-pyrrole nitrogens is 1. The highest BCUT2D eigenvalue weighted by Gasteiger charge is 2.07. The van der Waals surface area contributed by atoms with Gasteiger partial charge in [-0.2, -0.15) is 0 Å². The number of carbonyl (C=O) groups excluding carboxylic acids is 1. The summed E-state index contributed by atoms with van der Waals surface area (Å²) in [6.45, 7) is 1.54. The molecule has 0 aliphatic carbocycles. The third kappa shape index (κ3) is 3.02. The lowest BCUT2D eigenvalue weighted by molar-refractivity contribution is -0.112. The summed E-state index contributed by atoms with van der Waals surface area (Å²) in [7, 11) is 0. The van der Waals surface area contributed by atoms with Crippen LogP contribution in [0.25, 0.3) is 27.9 Å². The predicted octanol–water partition coefficient (Wildman–Crippen LogP) is 5.06. The topological polar surface area (TPSA) is 57.8 Å². The van der Waals surface area contributed by atoms with Crippen molar-refractivity contribution < 1.29 is 4.79 Å². The number of rotatable bonds is 4. The lowest BCUT2D eigenvalue weighted by Crippen LogP contribution is -1.93. The molecule has 2 N–H and O–H groups in total. The average Bonchev–Trinajstić information content (AvgIpc) is 3.10. The number of pyridine rings is 1. The molecule has 0 bridgehead atoms. The number of ketones is 1. The maximum absolute atomic E-state index is 11.0. The highest BCUT2D eigenvalue weighted by molar-refractivity contribution is 6.11. The van der Waals surface area contributed by atoms with Crippen molar-refractivity contribution >= 4 is 45.0 Å². The van der Waals surface area contributed by atoms with Gasteiger partial charge in [0.2, 0.25) is 0 Å². The summed E-state index contributed by atoms with van der Waals surface area (Å²) < 4.78 is 0. The van der Waals surface area contributed by atoms with Gasteiger partial charge in [-0.15, -0.1) is 0 Å². The van der Waals surface area contributed by atoms with Crippen molar-refractivity contribution in [2.24, 2.45) is 0 Å². The van der Waals surface area contributed by atoms with Crippen LogP contribution in [0.3, 0.4) is 0 Å². The van der Waals surface area contributed by atoms with Crippen LogP contribution in [0.15, 0.2) is 67.0 Å². The predicted molar refractivity (Wildman–Crippen MR) is 103 cm³/mol. The van der Waals surface area contributed by atoms with Crippen LogP contribution in [-0.2, 0) is 4.79 Å². The third-order valence-electron chi connectivity index (χ3n) is 4.14. The second-order valence-corrected chi connectivity index (χ2v) is 5.95. The van der Waals surface area contributed by atoms with Crippen molar-refractivity contribution in [3.63, 3.8) is 0 Å². The Labute approximate surface area is 145 Å². The van der Waals surface area contributed by atoms with Gasteiger partial charge in [0.25, 0.3) is 0 Å². The molecular weight excluding hydrogens is 310 g/mol. The van der Waals surface area contributed by atoms with Crippen LogP contribution in [-0.4, -0.2) is 15.8 Å². The molecule has 0 atom stereocenters. The van der Waals surface area contributed by atoms with Crippen LogP contribution >= 0.6 is 0 Å². The van der Waals surface area contributed by atoms with Gasteiger partial charge in [0, 0.05) is 40.1 Å². The van der Waals surface area contributed by atoms with E-state index >= 15 is 0 Å². The first-order chi connectivity index (χ1) is 12.2. The summed E-state index contributed by atoms with van der Waals surface area (Å²) in [5.74, 6) is 0.0431. The summed E-state index contributed by atoms with van der Waals surface area (Å²) in [5.41, 5.74) is 5.06. The summed E-state index contributed by atoms with van der Waals surface area (Å²) >= 11 is 0. The highest BCUT2D eigenvalue weighted by atomic mass is 16.1. The number of fused-ring (bicyclic) bond motifs is 3. The van der Waals surface area contributed by atoms with E-state index in [2.05, 4.69) is 15.3 Å². The lowest BCUT2D eigenvalue weighted by atomic mass is 10.1. The van der Waals surface area contributed by atoms with E-state index in [0.29, 0.717) is 0 Å². The van der Waals surface area contributed by atoms with Crippen molar-refractivity contribution in [1.29, 1.82) is 0 Å². The number of hydrogen-bond acceptors (Lipinski definition) is 3. The van der Waals surface area contributed by atoms with E-state index in [0.717, 1.165) is 38.7 Å². The maximum Gasteiger partial charge on any atom is 0.152 e. The minimum Gasteiger partial charge on any atom is -0.361 e. The Hall–Kier alpha value is -3.40. The zero-order valence-electron chi connectivity index (χ0n) is 13.8. The fourth-order valence-electron chi connectivity index (χ4n) is 2.94. The fraction of sp³-hybridized carbons (Fsp3) is 0.0476. The van der Waals surface area contributed by atoms with E-state index in [-0.39, 0.29) is 5.78 Å². The molecule has 0 fully saturated rings. The van der Waals surface area contributed by atoms with Gasteiger partial charge in [-0.25, -0.2) is 0 Å². The fourth-order valence-corrected chi connectivity index (χ4v) is 2.94. The van der Waals surface area contributed by atoms with Gasteiger partial charge >= 0.3 is 0 Å². The number of aromatic nitrogens is 2. The molecule has 25 heavy (non-hydrogen) atoms. The molecule has 0 amide bonds. The van der Waals surface area contributed by atoms with Crippen molar-refractivity contribution in [2.75, 3.05) is 5.32 Å². The summed E-state index contributed by atoms with van der Waals surface area (Å²) in [5, 5.41) is 5.73. The third-order valence-corrected chi connectivity index (χ3v) is 4.14. The van der Waals surface area contributed by atoms with E-state index in [1.54, 1.807) is 13.0 Å². The number of hydrogen-bond donors (Lipinski definition) is 2. The largest absolute Gasteiger partial charge is 0.361 e. The minimum absolute atomic E-state index is 0.0431. The van der Waals surface area contributed by atoms with Crippen LogP contribution < -0.4 is 5.32 Å². The Balaban J connectivity index is 1.71. The molecule has 122 valence electrons. The van der Waals surface area contributed by atoms with Gasteiger partial charge in [0.05, 0.1) is 5.52 Å². The quantitative estimate of drug-likeness (QED) is 0.515.